The van der Waals surface area contributed by atoms with Crippen LogP contribution in [0.15, 0.2) is 66.9 Å². The summed E-state index contributed by atoms with van der Waals surface area (Å²) in [6, 6.07) is 15.7. The summed E-state index contributed by atoms with van der Waals surface area (Å²) in [7, 11) is 3.46. The number of piperidine rings is 2. The molecule has 4 N–H and O–H groups in total. The smallest absolute Gasteiger partial charge is 0.419 e. The molecule has 2 fully saturated rings. The SMILES string of the molecule is CNC(=O)c1ccccc1Nc1cc(Nc2cc(C)c(N3CCC(N(C)Cc4ccc5c(c4)C(=O)N(C4CCC(=O)NC4=O)C5=O)CC3)cc2OC(C)C)ncc1C(F)(F)F. The van der Waals surface area contributed by atoms with Crippen molar-refractivity contribution in [2.75, 3.05) is 42.7 Å². The van der Waals surface area contributed by atoms with Crippen LogP contribution >= 0.6 is 0 Å². The van der Waals surface area contributed by atoms with Crippen molar-refractivity contribution in [2.45, 2.75) is 77.4 Å². The van der Waals surface area contributed by atoms with E-state index in [9.17, 15) is 37.1 Å². The van der Waals surface area contributed by atoms with Gasteiger partial charge in [-0.1, -0.05) is 18.2 Å². The summed E-state index contributed by atoms with van der Waals surface area (Å²) >= 11 is 0. The van der Waals surface area contributed by atoms with Gasteiger partial charge in [0.1, 0.15) is 17.6 Å². The van der Waals surface area contributed by atoms with Crippen LogP contribution in [0.25, 0.3) is 0 Å². The first-order chi connectivity index (χ1) is 29.0. The predicted molar refractivity (Wildman–Crippen MR) is 222 cm³/mol. The van der Waals surface area contributed by atoms with E-state index in [0.29, 0.717) is 18.0 Å². The van der Waals surface area contributed by atoms with Gasteiger partial charge in [-0.05, 0) is 88.5 Å². The zero-order valence-corrected chi connectivity index (χ0v) is 34.4. The number of nitrogens with one attached hydrogen (secondary N) is 4. The second kappa shape index (κ2) is 17.2. The highest BCUT2D eigenvalue weighted by Gasteiger charge is 2.44. The van der Waals surface area contributed by atoms with E-state index in [1.165, 1.54) is 25.2 Å². The lowest BCUT2D eigenvalue weighted by Crippen LogP contribution is -2.54. The van der Waals surface area contributed by atoms with E-state index in [1.807, 2.05) is 46.0 Å². The zero-order chi connectivity index (χ0) is 43.7. The first kappa shape index (κ1) is 42.6. The monoisotopic (exact) mass is 840 g/mol. The molecule has 0 bridgehead atoms. The predicted octanol–water partition coefficient (Wildman–Crippen LogP) is 6.54. The maximum absolute atomic E-state index is 14.2. The van der Waals surface area contributed by atoms with E-state index in [1.54, 1.807) is 24.3 Å². The Hall–Kier alpha value is -6.49. The topological polar surface area (TPSA) is 165 Å². The van der Waals surface area contributed by atoms with Crippen molar-refractivity contribution < 1.29 is 41.9 Å². The van der Waals surface area contributed by atoms with Crippen LogP contribution in [0.3, 0.4) is 0 Å². The number of ether oxygens (including phenoxy) is 1. The second-order valence-corrected chi connectivity index (χ2v) is 15.7. The molecule has 7 rings (SSSR count). The summed E-state index contributed by atoms with van der Waals surface area (Å²) in [6.07, 6.45) is -2.39. The second-order valence-electron chi connectivity index (χ2n) is 15.7. The Labute approximate surface area is 350 Å². The Morgan fingerprint density at radius 3 is 2.34 bits per heavy atom. The van der Waals surface area contributed by atoms with Crippen molar-refractivity contribution in [1.82, 2.24) is 25.4 Å². The van der Waals surface area contributed by atoms with Gasteiger partial charge in [-0.15, -0.1) is 0 Å². The molecule has 17 heteroatoms. The molecule has 5 amide bonds. The van der Waals surface area contributed by atoms with Gasteiger partial charge in [-0.2, -0.15) is 13.2 Å². The number of benzene rings is 3. The lowest BCUT2D eigenvalue weighted by Gasteiger charge is -2.38. The molecule has 1 atom stereocenters. The Bertz CT molecular complexity index is 2400. The number of para-hydroxylation sites is 1. The third-order valence-electron chi connectivity index (χ3n) is 11.2. The summed E-state index contributed by atoms with van der Waals surface area (Å²) in [6.45, 7) is 7.72. The van der Waals surface area contributed by atoms with Gasteiger partial charge in [-0.3, -0.25) is 39.1 Å². The number of nitrogens with zero attached hydrogens (tertiary/aromatic N) is 4. The van der Waals surface area contributed by atoms with Crippen LogP contribution in [0.2, 0.25) is 0 Å². The van der Waals surface area contributed by atoms with E-state index in [4.69, 9.17) is 4.74 Å². The fraction of sp³-hybridized carbons (Fsp3) is 0.364. The van der Waals surface area contributed by atoms with Crippen LogP contribution < -0.4 is 30.9 Å². The normalized spacial score (nSPS) is 17.2. The number of aryl methyl sites for hydroxylation is 1. The van der Waals surface area contributed by atoms with Crippen molar-refractivity contribution in [3.05, 3.63) is 100 Å². The standard InChI is InChI=1S/C44H47F3N8O6/c1-24(2)61-37-21-36(25(3)18-34(37)51-38-20-33(31(22-49-38)44(45,46)47)50-32-9-7-6-8-29(32)40(57)48-4)54-16-14-27(15-17-54)53(5)23-26-10-11-28-30(19-26)43(60)55(42(28)59)35-12-13-39(56)52-41(35)58/h6-11,18-22,24,27,35H,12-17,23H2,1-5H3,(H,48,57)(H2,49,50,51)(H,52,56,58). The molecule has 1 aromatic heterocycles. The van der Waals surface area contributed by atoms with Crippen molar-refractivity contribution in [3.8, 4) is 5.75 Å². The van der Waals surface area contributed by atoms with Crippen LogP contribution in [0.4, 0.5) is 41.7 Å². The Balaban J connectivity index is 1.04. The highest BCUT2D eigenvalue weighted by Crippen LogP contribution is 2.40. The van der Waals surface area contributed by atoms with Crippen LogP contribution in [-0.2, 0) is 22.3 Å². The van der Waals surface area contributed by atoms with Crippen molar-refractivity contribution >= 4 is 58.1 Å². The number of rotatable bonds is 12. The number of amides is 5. The molecule has 3 aliphatic heterocycles. The van der Waals surface area contributed by atoms with E-state index >= 15 is 0 Å². The molecule has 1 unspecified atom stereocenters. The molecule has 0 radical (unpaired) electrons. The number of alkyl halides is 3. The first-order valence-corrected chi connectivity index (χ1v) is 20.1. The van der Waals surface area contributed by atoms with E-state index in [2.05, 4.69) is 36.1 Å². The fourth-order valence-corrected chi connectivity index (χ4v) is 8.11. The molecule has 0 aliphatic carbocycles. The number of aromatic nitrogens is 1. The first-order valence-electron chi connectivity index (χ1n) is 20.1. The van der Waals surface area contributed by atoms with Gasteiger partial charge in [0.2, 0.25) is 11.8 Å². The van der Waals surface area contributed by atoms with Crippen molar-refractivity contribution in [2.24, 2.45) is 0 Å². The number of halogens is 3. The van der Waals surface area contributed by atoms with E-state index in [0.717, 1.165) is 53.8 Å². The molecule has 0 spiro atoms. The molecule has 320 valence electrons. The van der Waals surface area contributed by atoms with Gasteiger partial charge in [0.05, 0.1) is 45.4 Å². The lowest BCUT2D eigenvalue weighted by molar-refractivity contribution is -0.137. The van der Waals surface area contributed by atoms with Crippen LogP contribution in [0.1, 0.15) is 87.3 Å². The number of anilines is 5. The molecule has 3 aliphatic rings. The number of pyridine rings is 1. The van der Waals surface area contributed by atoms with Gasteiger partial charge in [-0.25, -0.2) is 4.98 Å². The van der Waals surface area contributed by atoms with Gasteiger partial charge < -0.3 is 25.6 Å². The fourth-order valence-electron chi connectivity index (χ4n) is 8.11. The number of fused-ring (bicyclic) bond motifs is 1. The molecule has 0 saturated carbocycles. The van der Waals surface area contributed by atoms with Gasteiger partial charge in [0.15, 0.2) is 0 Å². The largest absolute Gasteiger partial charge is 0.489 e. The number of hydrogen-bond acceptors (Lipinski definition) is 11. The highest BCUT2D eigenvalue weighted by molar-refractivity contribution is 6.23. The average Bonchev–Trinajstić information content (AvgIpc) is 3.46. The van der Waals surface area contributed by atoms with E-state index < -0.39 is 47.3 Å². The Morgan fingerprint density at radius 1 is 0.934 bits per heavy atom. The molecular weight excluding hydrogens is 794 g/mol. The molecular formula is C44H47F3N8O6. The maximum atomic E-state index is 14.2. The highest BCUT2D eigenvalue weighted by atomic mass is 19.4. The minimum atomic E-state index is -4.73. The van der Waals surface area contributed by atoms with Crippen molar-refractivity contribution in [1.29, 1.82) is 0 Å². The zero-order valence-electron chi connectivity index (χ0n) is 34.4. The summed E-state index contributed by atoms with van der Waals surface area (Å²) in [5.41, 5.74) is 2.81. The molecule has 4 aromatic rings. The van der Waals surface area contributed by atoms with Gasteiger partial charge in [0, 0.05) is 63.2 Å². The van der Waals surface area contributed by atoms with Crippen LogP contribution in [0, 0.1) is 6.92 Å². The third kappa shape index (κ3) is 9.01. The van der Waals surface area contributed by atoms with Gasteiger partial charge >= 0.3 is 6.18 Å². The third-order valence-corrected chi connectivity index (χ3v) is 11.2. The number of hydrogen-bond donors (Lipinski definition) is 4. The minimum absolute atomic E-state index is 0.0522. The number of imide groups is 2. The molecule has 61 heavy (non-hydrogen) atoms. The average molecular weight is 841 g/mol. The van der Waals surface area contributed by atoms with E-state index in [-0.39, 0.29) is 58.9 Å². The Morgan fingerprint density at radius 2 is 1.66 bits per heavy atom. The van der Waals surface area contributed by atoms with Crippen LogP contribution in [0.5, 0.6) is 5.75 Å². The number of carbonyl (C=O) groups excluding carboxylic acids is 5. The maximum Gasteiger partial charge on any atom is 0.419 e. The quantitative estimate of drug-likeness (QED) is 0.115. The summed E-state index contributed by atoms with van der Waals surface area (Å²) in [4.78, 5) is 72.7. The summed E-state index contributed by atoms with van der Waals surface area (Å²) < 4.78 is 48.8. The molecule has 3 aromatic carbocycles. The summed E-state index contributed by atoms with van der Waals surface area (Å²) in [5, 5.41) is 10.7. The van der Waals surface area contributed by atoms with Gasteiger partial charge in [0.25, 0.3) is 17.7 Å². The molecule has 2 saturated heterocycles. The minimum Gasteiger partial charge on any atom is -0.489 e. The summed E-state index contributed by atoms with van der Waals surface area (Å²) in [5.74, 6) is -1.98. The van der Waals surface area contributed by atoms with Crippen molar-refractivity contribution in [3.63, 3.8) is 0 Å². The molecule has 14 nitrogen and oxygen atoms in total. The van der Waals surface area contributed by atoms with Crippen LogP contribution in [-0.4, -0.2) is 89.7 Å². The Kier molecular flexibility index (Phi) is 12.0. The number of carbonyl (C=O) groups is 5. The lowest BCUT2D eigenvalue weighted by atomic mass is 10.00. The molecule has 4 heterocycles.